The average Bonchev–Trinajstić information content (AvgIpc) is 2.49. The number of hydrogen-bond acceptors (Lipinski definition) is 5. The number of morpholine rings is 1. The molecule has 0 spiro atoms. The molecule has 1 atom stereocenters. The predicted octanol–water partition coefficient (Wildman–Crippen LogP) is 1.84. The van der Waals surface area contributed by atoms with E-state index in [1.165, 1.54) is 17.5 Å². The zero-order valence-corrected chi connectivity index (χ0v) is 14.4. The molecular weight excluding hydrogens is 360 g/mol. The monoisotopic (exact) mass is 378 g/mol. The Kier molecular flexibility index (Phi) is 5.13. The maximum atomic E-state index is 12.8. The van der Waals surface area contributed by atoms with Gasteiger partial charge in [0.25, 0.3) is 0 Å². The lowest BCUT2D eigenvalue weighted by molar-refractivity contribution is -0.00281. The second kappa shape index (κ2) is 6.51. The number of methoxy groups -OCH3 is 1. The zero-order valence-electron chi connectivity index (χ0n) is 12.0. The largest absolute Gasteiger partial charge is 0.495 e. The SMILES string of the molecule is CCC1CN(S(=O)(=O)c2cc(N)c(Br)cc2OC)CCO1. The number of ether oxygens (including phenoxy) is 2. The Morgan fingerprint density at radius 2 is 2.24 bits per heavy atom. The van der Waals surface area contributed by atoms with Gasteiger partial charge in [-0.2, -0.15) is 4.31 Å². The van der Waals surface area contributed by atoms with Gasteiger partial charge in [-0.1, -0.05) is 6.92 Å². The van der Waals surface area contributed by atoms with Crippen molar-refractivity contribution in [2.75, 3.05) is 32.5 Å². The molecule has 1 aliphatic heterocycles. The van der Waals surface area contributed by atoms with Crippen LogP contribution in [0.25, 0.3) is 0 Å². The van der Waals surface area contributed by atoms with Crippen LogP contribution in [-0.2, 0) is 14.8 Å². The minimum absolute atomic E-state index is 0.0766. The van der Waals surface area contributed by atoms with Gasteiger partial charge in [-0.05, 0) is 34.5 Å². The van der Waals surface area contributed by atoms with Crippen LogP contribution in [-0.4, -0.2) is 45.6 Å². The standard InChI is InChI=1S/C13H19BrN2O4S/c1-3-9-8-16(4-5-20-9)21(17,18)13-7-11(15)10(14)6-12(13)19-2/h6-7,9H,3-5,8,15H2,1-2H3. The van der Waals surface area contributed by atoms with E-state index in [-0.39, 0.29) is 16.7 Å². The smallest absolute Gasteiger partial charge is 0.247 e. The topological polar surface area (TPSA) is 81.9 Å². The molecule has 1 aromatic carbocycles. The van der Waals surface area contributed by atoms with Gasteiger partial charge < -0.3 is 15.2 Å². The van der Waals surface area contributed by atoms with Crippen molar-refractivity contribution < 1.29 is 17.9 Å². The Bertz CT molecular complexity index is 621. The van der Waals surface area contributed by atoms with E-state index in [0.29, 0.717) is 29.9 Å². The van der Waals surface area contributed by atoms with Crippen molar-refractivity contribution in [2.24, 2.45) is 0 Å². The molecule has 0 aromatic heterocycles. The molecule has 0 amide bonds. The second-order valence-electron chi connectivity index (χ2n) is 4.79. The van der Waals surface area contributed by atoms with Gasteiger partial charge in [0.15, 0.2) is 0 Å². The van der Waals surface area contributed by atoms with Gasteiger partial charge in [0.1, 0.15) is 10.6 Å². The molecule has 0 bridgehead atoms. The lowest BCUT2D eigenvalue weighted by atomic mass is 10.2. The van der Waals surface area contributed by atoms with Crippen LogP contribution < -0.4 is 10.5 Å². The Balaban J connectivity index is 2.41. The van der Waals surface area contributed by atoms with Gasteiger partial charge >= 0.3 is 0 Å². The summed E-state index contributed by atoms with van der Waals surface area (Å²) in [6, 6.07) is 2.99. The van der Waals surface area contributed by atoms with Gasteiger partial charge in [-0.15, -0.1) is 0 Å². The lowest BCUT2D eigenvalue weighted by Gasteiger charge is -2.32. The Hall–Kier alpha value is -0.830. The summed E-state index contributed by atoms with van der Waals surface area (Å²) in [5.41, 5.74) is 6.17. The van der Waals surface area contributed by atoms with Crippen molar-refractivity contribution in [1.82, 2.24) is 4.31 Å². The third-order valence-corrected chi connectivity index (χ3v) is 6.03. The first kappa shape index (κ1) is 16.5. The van der Waals surface area contributed by atoms with Crippen molar-refractivity contribution >= 4 is 31.6 Å². The predicted molar refractivity (Wildman–Crippen MR) is 83.9 cm³/mol. The first-order valence-electron chi connectivity index (χ1n) is 6.65. The number of halogens is 1. The maximum absolute atomic E-state index is 12.8. The minimum Gasteiger partial charge on any atom is -0.495 e. The van der Waals surface area contributed by atoms with E-state index < -0.39 is 10.0 Å². The van der Waals surface area contributed by atoms with Gasteiger partial charge in [0.05, 0.1) is 19.8 Å². The summed E-state index contributed by atoms with van der Waals surface area (Å²) < 4.78 is 38.4. The quantitative estimate of drug-likeness (QED) is 0.808. The number of anilines is 1. The van der Waals surface area contributed by atoms with E-state index in [4.69, 9.17) is 15.2 Å². The molecule has 6 nitrogen and oxygen atoms in total. The summed E-state index contributed by atoms with van der Waals surface area (Å²) in [4.78, 5) is 0.0856. The van der Waals surface area contributed by atoms with Crippen LogP contribution in [0.3, 0.4) is 0 Å². The number of rotatable bonds is 4. The number of nitrogens with two attached hydrogens (primary N) is 1. The highest BCUT2D eigenvalue weighted by atomic mass is 79.9. The minimum atomic E-state index is -3.66. The molecule has 0 saturated carbocycles. The van der Waals surface area contributed by atoms with E-state index in [1.54, 1.807) is 6.07 Å². The summed E-state index contributed by atoms with van der Waals surface area (Å²) in [6.45, 7) is 3.04. The molecule has 0 aliphatic carbocycles. The Morgan fingerprint density at radius 1 is 1.52 bits per heavy atom. The highest BCUT2D eigenvalue weighted by Crippen LogP contribution is 2.34. The van der Waals surface area contributed by atoms with Crippen LogP contribution in [0.2, 0.25) is 0 Å². The van der Waals surface area contributed by atoms with Crippen LogP contribution in [0.5, 0.6) is 5.75 Å². The summed E-state index contributed by atoms with van der Waals surface area (Å²) in [5, 5.41) is 0. The van der Waals surface area contributed by atoms with Crippen molar-refractivity contribution in [3.8, 4) is 5.75 Å². The van der Waals surface area contributed by atoms with E-state index in [9.17, 15) is 8.42 Å². The second-order valence-corrected chi connectivity index (χ2v) is 7.55. The number of benzene rings is 1. The molecule has 118 valence electrons. The number of nitrogen functional groups attached to an aromatic ring is 1. The average molecular weight is 379 g/mol. The molecule has 8 heteroatoms. The fourth-order valence-electron chi connectivity index (χ4n) is 2.21. The Labute approximate surface area is 133 Å². The highest BCUT2D eigenvalue weighted by Gasteiger charge is 2.32. The molecule has 1 aliphatic rings. The van der Waals surface area contributed by atoms with Gasteiger partial charge in [-0.25, -0.2) is 8.42 Å². The van der Waals surface area contributed by atoms with Gasteiger partial charge in [0.2, 0.25) is 10.0 Å². The van der Waals surface area contributed by atoms with Crippen molar-refractivity contribution in [3.05, 3.63) is 16.6 Å². The molecule has 2 N–H and O–H groups in total. The van der Waals surface area contributed by atoms with Crippen LogP contribution in [0.15, 0.2) is 21.5 Å². The maximum Gasteiger partial charge on any atom is 0.247 e. The van der Waals surface area contributed by atoms with Crippen LogP contribution in [0.4, 0.5) is 5.69 Å². The molecular formula is C13H19BrN2O4S. The van der Waals surface area contributed by atoms with E-state index in [2.05, 4.69) is 15.9 Å². The molecule has 1 saturated heterocycles. The number of hydrogen-bond donors (Lipinski definition) is 1. The van der Waals surface area contributed by atoms with Crippen molar-refractivity contribution in [2.45, 2.75) is 24.3 Å². The normalized spacial score (nSPS) is 20.4. The molecule has 21 heavy (non-hydrogen) atoms. The first-order valence-corrected chi connectivity index (χ1v) is 8.88. The van der Waals surface area contributed by atoms with E-state index in [0.717, 1.165) is 6.42 Å². The summed E-state index contributed by atoms with van der Waals surface area (Å²) in [7, 11) is -2.22. The molecule has 1 aromatic rings. The first-order chi connectivity index (χ1) is 9.90. The van der Waals surface area contributed by atoms with Crippen LogP contribution in [0, 0.1) is 0 Å². The zero-order chi connectivity index (χ0) is 15.6. The summed E-state index contributed by atoms with van der Waals surface area (Å²) >= 11 is 3.27. The molecule has 1 fully saturated rings. The van der Waals surface area contributed by atoms with Crippen LogP contribution in [0.1, 0.15) is 13.3 Å². The van der Waals surface area contributed by atoms with Crippen molar-refractivity contribution in [1.29, 1.82) is 0 Å². The van der Waals surface area contributed by atoms with Gasteiger partial charge in [0, 0.05) is 23.2 Å². The summed E-state index contributed by atoms with van der Waals surface area (Å²) in [6.07, 6.45) is 0.693. The third kappa shape index (κ3) is 3.33. The van der Waals surface area contributed by atoms with E-state index >= 15 is 0 Å². The molecule has 0 radical (unpaired) electrons. The fourth-order valence-corrected chi connectivity index (χ4v) is 4.16. The summed E-state index contributed by atoms with van der Waals surface area (Å²) in [5.74, 6) is 0.274. The number of nitrogens with zero attached hydrogens (tertiary/aromatic N) is 1. The third-order valence-electron chi connectivity index (χ3n) is 3.46. The lowest BCUT2D eigenvalue weighted by Crippen LogP contribution is -2.45. The van der Waals surface area contributed by atoms with Crippen LogP contribution >= 0.6 is 15.9 Å². The molecule has 1 unspecified atom stereocenters. The highest BCUT2D eigenvalue weighted by molar-refractivity contribution is 9.10. The fraction of sp³-hybridized carbons (Fsp3) is 0.538. The Morgan fingerprint density at radius 3 is 2.86 bits per heavy atom. The van der Waals surface area contributed by atoms with E-state index in [1.807, 2.05) is 6.92 Å². The van der Waals surface area contributed by atoms with Gasteiger partial charge in [-0.3, -0.25) is 0 Å². The van der Waals surface area contributed by atoms with Crippen molar-refractivity contribution in [3.63, 3.8) is 0 Å². The molecule has 2 rings (SSSR count). The molecule has 1 heterocycles. The number of sulfonamides is 1.